The van der Waals surface area contributed by atoms with E-state index in [1.807, 2.05) is 0 Å². The Morgan fingerprint density at radius 3 is 1.59 bits per heavy atom. The molecule has 0 radical (unpaired) electrons. The maximum atomic E-state index is 11.9. The second-order valence-electron chi connectivity index (χ2n) is 10.7. The zero-order valence-electron chi connectivity index (χ0n) is 25.2. The predicted molar refractivity (Wildman–Crippen MR) is 156 cm³/mol. The lowest BCUT2D eigenvalue weighted by molar-refractivity contribution is -0.00474. The second kappa shape index (κ2) is 26.6. The zero-order chi connectivity index (χ0) is 28.2. The molecule has 1 aliphatic heterocycles. The maximum Gasteiger partial charge on any atom is 0.407 e. The van der Waals surface area contributed by atoms with Gasteiger partial charge in [-0.05, 0) is 6.42 Å². The number of nitrogens with one attached hydrogen (secondary N) is 2. The topological polar surface area (TPSA) is 98.4 Å². The van der Waals surface area contributed by atoms with Gasteiger partial charge >= 0.3 is 12.2 Å². The molecule has 1 heterocycles. The van der Waals surface area contributed by atoms with Crippen LogP contribution in [0.4, 0.5) is 9.59 Å². The van der Waals surface area contributed by atoms with E-state index >= 15 is 0 Å². The molecule has 0 aliphatic carbocycles. The number of hydrogen-bond donors (Lipinski definition) is 2. The van der Waals surface area contributed by atoms with Crippen molar-refractivity contribution >= 4 is 12.2 Å². The smallest absolute Gasteiger partial charge is 0.407 e. The normalized spacial score (nSPS) is 14.6. The summed E-state index contributed by atoms with van der Waals surface area (Å²) in [5, 5.41) is 5.51. The summed E-state index contributed by atoms with van der Waals surface area (Å²) in [6.07, 6.45) is 19.7. The van der Waals surface area contributed by atoms with Crippen molar-refractivity contribution < 1.29 is 28.5 Å². The SMILES string of the molecule is CCCCCCCCCCCCCCCCCCNC(=O)OCC(COC(=O)NCCN1CCOCC1)OC. The van der Waals surface area contributed by atoms with E-state index in [1.165, 1.54) is 97.0 Å². The Kier molecular flexibility index (Phi) is 24.2. The second-order valence-corrected chi connectivity index (χ2v) is 10.7. The van der Waals surface area contributed by atoms with Crippen molar-refractivity contribution in [3.63, 3.8) is 0 Å². The fraction of sp³-hybridized carbons (Fsp3) is 0.933. The Balaban J connectivity index is 1.85. The summed E-state index contributed by atoms with van der Waals surface area (Å²) in [7, 11) is 1.50. The van der Waals surface area contributed by atoms with Crippen LogP contribution in [0.2, 0.25) is 0 Å². The molecule has 0 aromatic carbocycles. The number of amides is 2. The van der Waals surface area contributed by atoms with Gasteiger partial charge in [0.25, 0.3) is 0 Å². The summed E-state index contributed by atoms with van der Waals surface area (Å²) in [5.74, 6) is 0. The van der Waals surface area contributed by atoms with Gasteiger partial charge < -0.3 is 29.6 Å². The zero-order valence-corrected chi connectivity index (χ0v) is 25.2. The lowest BCUT2D eigenvalue weighted by Crippen LogP contribution is -2.41. The fourth-order valence-corrected chi connectivity index (χ4v) is 4.63. The minimum Gasteiger partial charge on any atom is -0.447 e. The third-order valence-electron chi connectivity index (χ3n) is 7.23. The highest BCUT2D eigenvalue weighted by atomic mass is 16.6. The third kappa shape index (κ3) is 22.9. The highest BCUT2D eigenvalue weighted by molar-refractivity contribution is 5.67. The average Bonchev–Trinajstić information content (AvgIpc) is 2.95. The first kappa shape index (κ1) is 35.4. The minimum atomic E-state index is -0.503. The number of ether oxygens (including phenoxy) is 4. The molecule has 1 rings (SSSR count). The van der Waals surface area contributed by atoms with Crippen LogP contribution in [0.3, 0.4) is 0 Å². The van der Waals surface area contributed by atoms with E-state index in [0.29, 0.717) is 13.1 Å². The molecule has 9 heteroatoms. The van der Waals surface area contributed by atoms with Gasteiger partial charge in [-0.2, -0.15) is 0 Å². The number of methoxy groups -OCH3 is 1. The van der Waals surface area contributed by atoms with E-state index in [4.69, 9.17) is 18.9 Å². The van der Waals surface area contributed by atoms with E-state index in [0.717, 1.165) is 45.7 Å². The Bertz CT molecular complexity index is 575. The van der Waals surface area contributed by atoms with Crippen LogP contribution in [0.15, 0.2) is 0 Å². The van der Waals surface area contributed by atoms with Gasteiger partial charge in [-0.1, -0.05) is 103 Å². The summed E-state index contributed by atoms with van der Waals surface area (Å²) < 4.78 is 21.0. The van der Waals surface area contributed by atoms with Crippen LogP contribution in [0, 0.1) is 0 Å². The lowest BCUT2D eigenvalue weighted by atomic mass is 10.0. The van der Waals surface area contributed by atoms with Gasteiger partial charge in [-0.25, -0.2) is 9.59 Å². The molecule has 2 amide bonds. The molecule has 1 saturated heterocycles. The molecular weight excluding hydrogens is 498 g/mol. The van der Waals surface area contributed by atoms with Crippen LogP contribution in [-0.2, 0) is 18.9 Å². The molecule has 9 nitrogen and oxygen atoms in total. The van der Waals surface area contributed by atoms with Crippen LogP contribution in [-0.4, -0.2) is 89.5 Å². The number of carbonyl (C=O) groups is 2. The molecule has 1 unspecified atom stereocenters. The number of rotatable bonds is 25. The van der Waals surface area contributed by atoms with Crippen molar-refractivity contribution in [2.45, 2.75) is 116 Å². The maximum absolute atomic E-state index is 11.9. The first-order valence-electron chi connectivity index (χ1n) is 15.8. The molecule has 0 saturated carbocycles. The molecule has 0 bridgehead atoms. The number of unbranched alkanes of at least 4 members (excludes halogenated alkanes) is 15. The van der Waals surface area contributed by atoms with Crippen LogP contribution in [0.25, 0.3) is 0 Å². The van der Waals surface area contributed by atoms with Crippen molar-refractivity contribution in [3.8, 4) is 0 Å². The minimum absolute atomic E-state index is 0.0201. The van der Waals surface area contributed by atoms with Gasteiger partial charge in [0.2, 0.25) is 0 Å². The largest absolute Gasteiger partial charge is 0.447 e. The molecule has 0 aromatic rings. The van der Waals surface area contributed by atoms with Gasteiger partial charge in [0.1, 0.15) is 19.3 Å². The van der Waals surface area contributed by atoms with Gasteiger partial charge in [0.05, 0.1) is 13.2 Å². The summed E-state index contributed by atoms with van der Waals surface area (Å²) in [5.41, 5.74) is 0. The van der Waals surface area contributed by atoms with E-state index in [1.54, 1.807) is 0 Å². The molecule has 2 N–H and O–H groups in total. The van der Waals surface area contributed by atoms with Crippen molar-refractivity contribution in [2.75, 3.05) is 66.3 Å². The Hall–Kier alpha value is -1.58. The Labute approximate surface area is 238 Å². The number of hydrogen-bond acceptors (Lipinski definition) is 7. The van der Waals surface area contributed by atoms with Crippen LogP contribution in [0.5, 0.6) is 0 Å². The van der Waals surface area contributed by atoms with Gasteiger partial charge in [0, 0.05) is 39.8 Å². The molecule has 1 aliphatic rings. The first-order valence-corrected chi connectivity index (χ1v) is 15.8. The van der Waals surface area contributed by atoms with Crippen LogP contribution < -0.4 is 10.6 Å². The van der Waals surface area contributed by atoms with Gasteiger partial charge in [-0.15, -0.1) is 0 Å². The summed E-state index contributed by atoms with van der Waals surface area (Å²) in [6, 6.07) is 0. The lowest BCUT2D eigenvalue weighted by Gasteiger charge is -2.26. The third-order valence-corrected chi connectivity index (χ3v) is 7.23. The van der Waals surface area contributed by atoms with Crippen molar-refractivity contribution in [1.29, 1.82) is 0 Å². The van der Waals surface area contributed by atoms with Crippen molar-refractivity contribution in [2.24, 2.45) is 0 Å². The van der Waals surface area contributed by atoms with E-state index in [2.05, 4.69) is 22.5 Å². The number of carbonyl (C=O) groups excluding carboxylic acids is 2. The highest BCUT2D eigenvalue weighted by Crippen LogP contribution is 2.13. The first-order chi connectivity index (χ1) is 19.2. The molecule has 1 atom stereocenters. The van der Waals surface area contributed by atoms with E-state index in [9.17, 15) is 9.59 Å². The molecule has 0 aromatic heterocycles. The molecule has 0 spiro atoms. The fourth-order valence-electron chi connectivity index (χ4n) is 4.63. The van der Waals surface area contributed by atoms with Crippen LogP contribution >= 0.6 is 0 Å². The molecule has 39 heavy (non-hydrogen) atoms. The van der Waals surface area contributed by atoms with Crippen molar-refractivity contribution in [3.05, 3.63) is 0 Å². The summed E-state index contributed by atoms with van der Waals surface area (Å²) in [6.45, 7) is 7.41. The van der Waals surface area contributed by atoms with E-state index < -0.39 is 18.3 Å². The predicted octanol–water partition coefficient (Wildman–Crippen LogP) is 6.05. The number of alkyl carbamates (subject to hydrolysis) is 2. The molecule has 230 valence electrons. The number of morpholine rings is 1. The van der Waals surface area contributed by atoms with Gasteiger partial charge in [-0.3, -0.25) is 4.90 Å². The quantitative estimate of drug-likeness (QED) is 0.132. The van der Waals surface area contributed by atoms with Gasteiger partial charge in [0.15, 0.2) is 0 Å². The highest BCUT2D eigenvalue weighted by Gasteiger charge is 2.15. The molecular formula is C30H59N3O6. The Morgan fingerprint density at radius 1 is 0.692 bits per heavy atom. The standard InChI is InChI=1S/C30H59N3O6/c1-3-4-5-6-7-8-9-10-11-12-13-14-15-16-17-18-19-31-29(34)38-26-28(36-2)27-39-30(35)32-20-21-33-22-24-37-25-23-33/h28H,3-27H2,1-2H3,(H,31,34)(H,32,35). The van der Waals surface area contributed by atoms with E-state index in [-0.39, 0.29) is 13.2 Å². The van der Waals surface area contributed by atoms with Crippen molar-refractivity contribution in [1.82, 2.24) is 15.5 Å². The Morgan fingerprint density at radius 2 is 1.13 bits per heavy atom. The monoisotopic (exact) mass is 557 g/mol. The summed E-state index contributed by atoms with van der Waals surface area (Å²) >= 11 is 0. The molecule has 1 fully saturated rings. The van der Waals surface area contributed by atoms with Crippen LogP contribution in [0.1, 0.15) is 110 Å². The average molecular weight is 558 g/mol. The summed E-state index contributed by atoms with van der Waals surface area (Å²) in [4.78, 5) is 26.0. The number of nitrogens with zero attached hydrogens (tertiary/aromatic N) is 1.